The Balaban J connectivity index is 3.00. The first kappa shape index (κ1) is 21.7. The summed E-state index contributed by atoms with van der Waals surface area (Å²) in [6.45, 7) is 10.1. The molecule has 0 heterocycles. The maximum atomic E-state index is 12.4. The van der Waals surface area contributed by atoms with Crippen LogP contribution in [0, 0.1) is 0 Å². The molecular weight excluding hydrogens is 334 g/mol. The Hall–Kier alpha value is -2.37. The molecule has 1 aromatic rings. The van der Waals surface area contributed by atoms with Gasteiger partial charge in [-0.1, -0.05) is 30.3 Å². The smallest absolute Gasteiger partial charge is 0.408 e. The Morgan fingerprint density at radius 1 is 1.08 bits per heavy atom. The number of nitrogens with one attached hydrogen (secondary N) is 1. The number of alkyl carbamates (subject to hydrolysis) is 1. The summed E-state index contributed by atoms with van der Waals surface area (Å²) in [4.78, 5) is 36.7. The molecule has 1 rings (SSSR count). The number of ether oxygens (including phenoxy) is 2. The van der Waals surface area contributed by atoms with Crippen LogP contribution in [-0.2, 0) is 19.1 Å². The van der Waals surface area contributed by atoms with E-state index < -0.39 is 29.6 Å². The number of esters is 1. The second-order valence-corrected chi connectivity index (χ2v) is 7.49. The lowest BCUT2D eigenvalue weighted by atomic mass is 9.89. The lowest BCUT2D eigenvalue weighted by Gasteiger charge is -2.25. The molecule has 6 nitrogen and oxygen atoms in total. The van der Waals surface area contributed by atoms with Gasteiger partial charge in [0.2, 0.25) is 0 Å². The average Bonchev–Trinajstić information content (AvgIpc) is 2.49. The van der Waals surface area contributed by atoms with Crippen LogP contribution in [0.1, 0.15) is 59.4 Å². The van der Waals surface area contributed by atoms with E-state index in [1.807, 2.05) is 30.3 Å². The summed E-state index contributed by atoms with van der Waals surface area (Å²) >= 11 is 0. The van der Waals surface area contributed by atoms with E-state index in [4.69, 9.17) is 9.47 Å². The van der Waals surface area contributed by atoms with E-state index in [1.54, 1.807) is 34.6 Å². The minimum absolute atomic E-state index is 0.0930. The van der Waals surface area contributed by atoms with E-state index in [0.717, 1.165) is 5.56 Å². The molecule has 0 fully saturated rings. The van der Waals surface area contributed by atoms with Gasteiger partial charge in [-0.2, -0.15) is 0 Å². The third-order valence-electron chi connectivity index (χ3n) is 3.49. The second kappa shape index (κ2) is 9.36. The zero-order valence-corrected chi connectivity index (χ0v) is 16.4. The molecule has 26 heavy (non-hydrogen) atoms. The molecule has 0 aromatic heterocycles. The zero-order valence-electron chi connectivity index (χ0n) is 16.4. The summed E-state index contributed by atoms with van der Waals surface area (Å²) in [6.07, 6.45) is -0.957. The van der Waals surface area contributed by atoms with Crippen molar-refractivity contribution in [2.45, 2.75) is 71.6 Å². The Labute approximate surface area is 155 Å². The van der Waals surface area contributed by atoms with Crippen molar-refractivity contribution in [3.63, 3.8) is 0 Å². The first-order valence-electron chi connectivity index (χ1n) is 8.75. The SMILES string of the molecule is CC(=O)[C@@H](C[C@H](NC(=O)OC(C)(C)C)C(=O)OC(C)C)c1ccccc1. The fourth-order valence-corrected chi connectivity index (χ4v) is 2.44. The van der Waals surface area contributed by atoms with Gasteiger partial charge in [0.05, 0.1) is 6.10 Å². The first-order valence-corrected chi connectivity index (χ1v) is 8.75. The number of hydrogen-bond acceptors (Lipinski definition) is 5. The quantitative estimate of drug-likeness (QED) is 0.749. The third kappa shape index (κ3) is 7.68. The predicted molar refractivity (Wildman–Crippen MR) is 98.9 cm³/mol. The summed E-state index contributed by atoms with van der Waals surface area (Å²) in [7, 11) is 0. The van der Waals surface area contributed by atoms with Crippen molar-refractivity contribution >= 4 is 17.8 Å². The number of Topliss-reactive ketones (excluding diaryl/α,β-unsaturated/α-hetero) is 1. The summed E-state index contributed by atoms with van der Waals surface area (Å²) in [6, 6.07) is 8.17. The summed E-state index contributed by atoms with van der Waals surface area (Å²) < 4.78 is 10.5. The standard InChI is InChI=1S/C20H29NO5/c1-13(2)25-18(23)17(21-19(24)26-20(4,5)6)12-16(14(3)22)15-10-8-7-9-11-15/h7-11,13,16-17H,12H2,1-6H3,(H,21,24)/t16-,17+/m1/s1. The van der Waals surface area contributed by atoms with Crippen LogP contribution >= 0.6 is 0 Å². The summed E-state index contributed by atoms with van der Waals surface area (Å²) in [5.74, 6) is -1.21. The van der Waals surface area contributed by atoms with Gasteiger partial charge in [-0.15, -0.1) is 0 Å². The molecule has 0 saturated heterocycles. The minimum atomic E-state index is -0.985. The van der Waals surface area contributed by atoms with Gasteiger partial charge in [-0.05, 0) is 53.5 Å². The monoisotopic (exact) mass is 363 g/mol. The lowest BCUT2D eigenvalue weighted by Crippen LogP contribution is -2.46. The van der Waals surface area contributed by atoms with Crippen molar-refractivity contribution in [2.75, 3.05) is 0 Å². The predicted octanol–water partition coefficient (Wildman–Crippen LogP) is 3.59. The van der Waals surface area contributed by atoms with Crippen LogP contribution in [0.4, 0.5) is 4.79 Å². The highest BCUT2D eigenvalue weighted by Gasteiger charge is 2.31. The number of ketones is 1. The van der Waals surface area contributed by atoms with Crippen LogP contribution in [0.2, 0.25) is 0 Å². The highest BCUT2D eigenvalue weighted by atomic mass is 16.6. The van der Waals surface area contributed by atoms with Gasteiger partial charge in [0.1, 0.15) is 17.4 Å². The van der Waals surface area contributed by atoms with Gasteiger partial charge >= 0.3 is 12.1 Å². The van der Waals surface area contributed by atoms with Gasteiger partial charge in [-0.3, -0.25) is 4.79 Å². The van der Waals surface area contributed by atoms with E-state index in [1.165, 1.54) is 6.92 Å². The summed E-state index contributed by atoms with van der Waals surface area (Å²) in [5, 5.41) is 2.55. The molecule has 1 N–H and O–H groups in total. The van der Waals surface area contributed by atoms with Gasteiger partial charge < -0.3 is 14.8 Å². The van der Waals surface area contributed by atoms with Crippen molar-refractivity contribution in [1.82, 2.24) is 5.32 Å². The van der Waals surface area contributed by atoms with E-state index in [9.17, 15) is 14.4 Å². The average molecular weight is 363 g/mol. The molecule has 144 valence electrons. The topological polar surface area (TPSA) is 81.7 Å². The first-order chi connectivity index (χ1) is 12.0. The van der Waals surface area contributed by atoms with Crippen LogP contribution in [-0.4, -0.2) is 35.6 Å². The molecule has 0 aliphatic carbocycles. The van der Waals surface area contributed by atoms with Crippen LogP contribution in [0.5, 0.6) is 0 Å². The van der Waals surface area contributed by atoms with E-state index in [-0.39, 0.29) is 18.3 Å². The van der Waals surface area contributed by atoms with Crippen LogP contribution < -0.4 is 5.32 Å². The molecule has 2 atom stereocenters. The van der Waals surface area contributed by atoms with Crippen LogP contribution in [0.25, 0.3) is 0 Å². The molecule has 0 unspecified atom stereocenters. The van der Waals surface area contributed by atoms with E-state index in [2.05, 4.69) is 5.32 Å². The maximum Gasteiger partial charge on any atom is 0.408 e. The highest BCUT2D eigenvalue weighted by Crippen LogP contribution is 2.23. The van der Waals surface area contributed by atoms with Crippen molar-refractivity contribution in [3.8, 4) is 0 Å². The number of benzene rings is 1. The number of rotatable bonds is 7. The molecule has 0 radical (unpaired) electrons. The zero-order chi connectivity index (χ0) is 19.9. The van der Waals surface area contributed by atoms with Crippen molar-refractivity contribution in [3.05, 3.63) is 35.9 Å². The fraction of sp³-hybridized carbons (Fsp3) is 0.550. The molecule has 0 saturated carbocycles. The van der Waals surface area contributed by atoms with E-state index in [0.29, 0.717) is 0 Å². The molecule has 0 bridgehead atoms. The normalized spacial score (nSPS) is 13.7. The van der Waals surface area contributed by atoms with E-state index >= 15 is 0 Å². The minimum Gasteiger partial charge on any atom is -0.461 e. The third-order valence-corrected chi connectivity index (χ3v) is 3.49. The summed E-state index contributed by atoms with van der Waals surface area (Å²) in [5.41, 5.74) is 0.0871. The molecule has 1 aromatic carbocycles. The molecular formula is C20H29NO5. The van der Waals surface area contributed by atoms with Gasteiger partial charge in [0.25, 0.3) is 0 Å². The van der Waals surface area contributed by atoms with Gasteiger partial charge in [0.15, 0.2) is 0 Å². The molecule has 6 heteroatoms. The van der Waals surface area contributed by atoms with Gasteiger partial charge in [-0.25, -0.2) is 9.59 Å². The number of amides is 1. The van der Waals surface area contributed by atoms with Crippen molar-refractivity contribution < 1.29 is 23.9 Å². The Morgan fingerprint density at radius 2 is 1.65 bits per heavy atom. The lowest BCUT2D eigenvalue weighted by molar-refractivity contribution is -0.150. The molecule has 0 aliphatic heterocycles. The molecule has 0 spiro atoms. The maximum absolute atomic E-state index is 12.4. The Morgan fingerprint density at radius 3 is 2.12 bits per heavy atom. The van der Waals surface area contributed by atoms with Crippen molar-refractivity contribution in [2.24, 2.45) is 0 Å². The number of carbonyl (C=O) groups excluding carboxylic acids is 3. The largest absolute Gasteiger partial charge is 0.461 e. The van der Waals surface area contributed by atoms with Crippen LogP contribution in [0.15, 0.2) is 30.3 Å². The highest BCUT2D eigenvalue weighted by molar-refractivity contribution is 5.86. The molecule has 0 aliphatic rings. The second-order valence-electron chi connectivity index (χ2n) is 7.49. The van der Waals surface area contributed by atoms with Crippen LogP contribution in [0.3, 0.4) is 0 Å². The van der Waals surface area contributed by atoms with Gasteiger partial charge in [0, 0.05) is 5.92 Å². The Kier molecular flexibility index (Phi) is 7.80. The fourth-order valence-electron chi connectivity index (χ4n) is 2.44. The van der Waals surface area contributed by atoms with Crippen molar-refractivity contribution in [1.29, 1.82) is 0 Å². The number of hydrogen-bond donors (Lipinski definition) is 1. The molecule has 1 amide bonds. The Bertz CT molecular complexity index is 619. The number of carbonyl (C=O) groups is 3.